The van der Waals surface area contributed by atoms with E-state index in [9.17, 15) is 0 Å². The largest absolute Gasteiger partial charge is 0.495 e. The third-order valence-electron chi connectivity index (χ3n) is 5.17. The summed E-state index contributed by atoms with van der Waals surface area (Å²) in [7, 11) is 1.72. The Labute approximate surface area is 172 Å². The highest BCUT2D eigenvalue weighted by atomic mass is 16.5. The second-order valence-electron chi connectivity index (χ2n) is 7.14. The number of anilines is 3. The number of hydrogen-bond acceptors (Lipinski definition) is 6. The van der Waals surface area contributed by atoms with Crippen LogP contribution in [0.1, 0.15) is 11.4 Å². The van der Waals surface area contributed by atoms with Crippen molar-refractivity contribution in [2.75, 3.05) is 48.4 Å². The molecular formula is C23H27N5O. The summed E-state index contributed by atoms with van der Waals surface area (Å²) in [5, 5.41) is 3.43. The van der Waals surface area contributed by atoms with Crippen molar-refractivity contribution in [1.82, 2.24) is 9.97 Å². The van der Waals surface area contributed by atoms with E-state index in [0.29, 0.717) is 0 Å². The monoisotopic (exact) mass is 389 g/mol. The van der Waals surface area contributed by atoms with E-state index in [2.05, 4.69) is 67.5 Å². The number of methoxy groups -OCH3 is 1. The topological polar surface area (TPSA) is 53.5 Å². The van der Waals surface area contributed by atoms with Crippen LogP contribution in [0.4, 0.5) is 17.3 Å². The summed E-state index contributed by atoms with van der Waals surface area (Å²) in [5.41, 5.74) is 2.38. The highest BCUT2D eigenvalue weighted by Crippen LogP contribution is 2.29. The first kappa shape index (κ1) is 19.1. The minimum absolute atomic E-state index is 0.748. The van der Waals surface area contributed by atoms with Crippen molar-refractivity contribution in [2.24, 2.45) is 0 Å². The van der Waals surface area contributed by atoms with E-state index in [1.54, 1.807) is 7.11 Å². The van der Waals surface area contributed by atoms with Crippen molar-refractivity contribution < 1.29 is 4.74 Å². The molecule has 29 heavy (non-hydrogen) atoms. The van der Waals surface area contributed by atoms with Crippen molar-refractivity contribution in [3.8, 4) is 5.75 Å². The predicted molar refractivity (Wildman–Crippen MR) is 118 cm³/mol. The van der Waals surface area contributed by atoms with E-state index in [1.807, 2.05) is 25.1 Å². The molecule has 1 saturated heterocycles. The average Bonchev–Trinajstić information content (AvgIpc) is 2.78. The number of nitrogens with zero attached hydrogens (tertiary/aromatic N) is 4. The van der Waals surface area contributed by atoms with Crippen LogP contribution in [0.3, 0.4) is 0 Å². The minimum atomic E-state index is 0.748. The molecule has 2 aromatic carbocycles. The molecule has 0 amide bonds. The van der Waals surface area contributed by atoms with E-state index in [4.69, 9.17) is 4.74 Å². The maximum Gasteiger partial charge on any atom is 0.142 e. The number of hydrogen-bond donors (Lipinski definition) is 1. The second kappa shape index (κ2) is 8.82. The van der Waals surface area contributed by atoms with Crippen molar-refractivity contribution in [3.63, 3.8) is 0 Å². The Hall–Kier alpha value is -3.28. The second-order valence-corrected chi connectivity index (χ2v) is 7.14. The molecule has 0 aliphatic carbocycles. The number of aromatic nitrogens is 2. The van der Waals surface area contributed by atoms with Crippen molar-refractivity contribution in [2.45, 2.75) is 13.5 Å². The molecule has 0 bridgehead atoms. The Kier molecular flexibility index (Phi) is 5.79. The van der Waals surface area contributed by atoms with Crippen LogP contribution in [-0.4, -0.2) is 43.3 Å². The number of ether oxygens (including phenoxy) is 1. The summed E-state index contributed by atoms with van der Waals surface area (Å²) in [6.07, 6.45) is 0. The van der Waals surface area contributed by atoms with E-state index < -0.39 is 0 Å². The fourth-order valence-corrected chi connectivity index (χ4v) is 3.66. The van der Waals surface area contributed by atoms with Gasteiger partial charge in [0.15, 0.2) is 0 Å². The Balaban J connectivity index is 1.42. The van der Waals surface area contributed by atoms with Gasteiger partial charge in [-0.2, -0.15) is 0 Å². The Bertz CT molecular complexity index is 939. The average molecular weight is 390 g/mol. The van der Waals surface area contributed by atoms with E-state index in [1.165, 1.54) is 5.56 Å². The summed E-state index contributed by atoms with van der Waals surface area (Å²) in [5.74, 6) is 3.55. The smallest absolute Gasteiger partial charge is 0.142 e. The van der Waals surface area contributed by atoms with Gasteiger partial charge in [-0.3, -0.25) is 0 Å². The lowest BCUT2D eigenvalue weighted by Gasteiger charge is -2.37. The van der Waals surface area contributed by atoms with Gasteiger partial charge in [0.2, 0.25) is 0 Å². The molecule has 6 nitrogen and oxygen atoms in total. The summed E-state index contributed by atoms with van der Waals surface area (Å²) in [4.78, 5) is 13.9. The van der Waals surface area contributed by atoms with Crippen molar-refractivity contribution in [1.29, 1.82) is 0 Å². The first-order valence-electron chi connectivity index (χ1n) is 9.99. The maximum atomic E-state index is 5.52. The molecule has 6 heteroatoms. The molecule has 3 aromatic rings. The molecule has 2 heterocycles. The van der Waals surface area contributed by atoms with Gasteiger partial charge < -0.3 is 19.9 Å². The fraction of sp³-hybridized carbons (Fsp3) is 0.304. The zero-order chi connectivity index (χ0) is 20.1. The van der Waals surface area contributed by atoms with Gasteiger partial charge in [-0.15, -0.1) is 0 Å². The molecule has 0 saturated carbocycles. The van der Waals surface area contributed by atoms with Crippen LogP contribution in [0.25, 0.3) is 0 Å². The molecule has 1 fully saturated rings. The van der Waals surface area contributed by atoms with Crippen LogP contribution >= 0.6 is 0 Å². The van der Waals surface area contributed by atoms with Crippen LogP contribution in [0, 0.1) is 6.92 Å². The van der Waals surface area contributed by atoms with E-state index >= 15 is 0 Å². The van der Waals surface area contributed by atoms with Gasteiger partial charge in [-0.05, 0) is 24.6 Å². The van der Waals surface area contributed by atoms with Gasteiger partial charge in [-0.1, -0.05) is 42.5 Å². The molecular weight excluding hydrogens is 362 g/mol. The summed E-state index contributed by atoms with van der Waals surface area (Å²) < 4.78 is 5.52. The summed E-state index contributed by atoms with van der Waals surface area (Å²) >= 11 is 0. The van der Waals surface area contributed by atoms with Gasteiger partial charge in [0.05, 0.1) is 12.8 Å². The molecule has 150 valence electrons. The first-order chi connectivity index (χ1) is 14.2. The summed E-state index contributed by atoms with van der Waals surface area (Å²) in [6, 6.07) is 20.6. The van der Waals surface area contributed by atoms with Crippen LogP contribution in [-0.2, 0) is 6.54 Å². The molecule has 1 N–H and O–H groups in total. The van der Waals surface area contributed by atoms with Crippen LogP contribution in [0.2, 0.25) is 0 Å². The standard InChI is InChI=1S/C23H27N5O/c1-18-25-22(24-17-19-8-4-3-5-9-19)16-23(26-18)28-14-12-27(13-15-28)20-10-6-7-11-21(20)29-2/h3-11,16H,12-15,17H2,1-2H3,(H,24,25,26). The molecule has 1 aromatic heterocycles. The van der Waals surface area contributed by atoms with E-state index in [-0.39, 0.29) is 0 Å². The first-order valence-corrected chi connectivity index (χ1v) is 9.99. The SMILES string of the molecule is COc1ccccc1N1CCN(c2cc(NCc3ccccc3)nc(C)n2)CC1. The lowest BCUT2D eigenvalue weighted by atomic mass is 10.2. The van der Waals surface area contributed by atoms with Gasteiger partial charge in [-0.25, -0.2) is 9.97 Å². The number of aryl methyl sites for hydroxylation is 1. The third kappa shape index (κ3) is 4.59. The normalized spacial score (nSPS) is 14.0. The number of rotatable bonds is 6. The highest BCUT2D eigenvalue weighted by Gasteiger charge is 2.21. The van der Waals surface area contributed by atoms with E-state index in [0.717, 1.165) is 61.6 Å². The molecule has 0 spiro atoms. The van der Waals surface area contributed by atoms with Gasteiger partial charge in [0.1, 0.15) is 23.2 Å². The molecule has 0 radical (unpaired) electrons. The molecule has 0 atom stereocenters. The predicted octanol–water partition coefficient (Wildman–Crippen LogP) is 3.73. The Morgan fingerprint density at radius 3 is 2.34 bits per heavy atom. The Morgan fingerprint density at radius 2 is 1.59 bits per heavy atom. The number of piperazine rings is 1. The van der Waals surface area contributed by atoms with Gasteiger partial charge >= 0.3 is 0 Å². The Morgan fingerprint density at radius 1 is 0.897 bits per heavy atom. The van der Waals surface area contributed by atoms with Gasteiger partial charge in [0, 0.05) is 38.8 Å². The summed E-state index contributed by atoms with van der Waals surface area (Å²) in [6.45, 7) is 6.37. The van der Waals surface area contributed by atoms with Gasteiger partial charge in [0.25, 0.3) is 0 Å². The third-order valence-corrected chi connectivity index (χ3v) is 5.17. The lowest BCUT2D eigenvalue weighted by Crippen LogP contribution is -2.47. The number of nitrogens with one attached hydrogen (secondary N) is 1. The quantitative estimate of drug-likeness (QED) is 0.693. The highest BCUT2D eigenvalue weighted by molar-refractivity contribution is 5.60. The molecule has 1 aliphatic heterocycles. The lowest BCUT2D eigenvalue weighted by molar-refractivity contribution is 0.413. The molecule has 1 aliphatic rings. The van der Waals surface area contributed by atoms with Crippen LogP contribution in [0.5, 0.6) is 5.75 Å². The number of benzene rings is 2. The van der Waals surface area contributed by atoms with Crippen molar-refractivity contribution >= 4 is 17.3 Å². The fourth-order valence-electron chi connectivity index (χ4n) is 3.66. The zero-order valence-corrected chi connectivity index (χ0v) is 17.0. The number of para-hydroxylation sites is 2. The molecule has 4 rings (SSSR count). The van der Waals surface area contributed by atoms with Crippen LogP contribution < -0.4 is 19.9 Å². The minimum Gasteiger partial charge on any atom is -0.495 e. The maximum absolute atomic E-state index is 5.52. The van der Waals surface area contributed by atoms with Crippen LogP contribution in [0.15, 0.2) is 60.7 Å². The molecule has 0 unspecified atom stereocenters. The van der Waals surface area contributed by atoms with Crippen molar-refractivity contribution in [3.05, 3.63) is 72.1 Å². The zero-order valence-electron chi connectivity index (χ0n) is 17.0.